The van der Waals surface area contributed by atoms with Gasteiger partial charge in [-0.3, -0.25) is 9.59 Å². The van der Waals surface area contributed by atoms with Gasteiger partial charge in [0.25, 0.3) is 0 Å². The molecule has 1 N–H and O–H groups in total. The van der Waals surface area contributed by atoms with Gasteiger partial charge in [-0.25, -0.2) is 0 Å². The molecule has 1 aromatic rings. The molecule has 0 bridgehead atoms. The second-order valence-corrected chi connectivity index (χ2v) is 8.50. The minimum Gasteiger partial charge on any atom is -0.381 e. The predicted octanol–water partition coefficient (Wildman–Crippen LogP) is 3.26. The van der Waals surface area contributed by atoms with Crippen molar-refractivity contribution in [1.29, 1.82) is 0 Å². The first-order valence-corrected chi connectivity index (χ1v) is 10.8. The van der Waals surface area contributed by atoms with Gasteiger partial charge in [0.2, 0.25) is 11.8 Å². The Hall–Kier alpha value is -1.40. The molecule has 148 valence electrons. The highest BCUT2D eigenvalue weighted by molar-refractivity contribution is 9.10. The summed E-state index contributed by atoms with van der Waals surface area (Å²) in [6.45, 7) is 5.18. The average molecular weight is 437 g/mol. The highest BCUT2D eigenvalue weighted by Crippen LogP contribution is 2.38. The molecule has 3 rings (SSSR count). The minimum atomic E-state index is -0.541. The number of carbonyl (C=O) groups excluding carboxylic acids is 2. The number of carbonyl (C=O) groups is 2. The molecule has 1 unspecified atom stereocenters. The first kappa shape index (κ1) is 20.3. The third-order valence-corrected chi connectivity index (χ3v) is 6.31. The van der Waals surface area contributed by atoms with E-state index in [1.807, 2.05) is 36.1 Å². The van der Waals surface area contributed by atoms with Crippen LogP contribution in [0.5, 0.6) is 0 Å². The molecule has 2 aliphatic rings. The summed E-state index contributed by atoms with van der Waals surface area (Å²) in [5, 5.41) is 2.99. The number of halogens is 1. The smallest absolute Gasteiger partial charge is 0.233 e. The molecule has 1 aromatic carbocycles. The Balaban J connectivity index is 1.79. The van der Waals surface area contributed by atoms with E-state index >= 15 is 0 Å². The van der Waals surface area contributed by atoms with Gasteiger partial charge in [-0.05, 0) is 49.8 Å². The van der Waals surface area contributed by atoms with Crippen molar-refractivity contribution in [3.05, 3.63) is 34.3 Å². The van der Waals surface area contributed by atoms with Crippen LogP contribution in [0.2, 0.25) is 0 Å². The number of nitrogens with one attached hydrogen (secondary N) is 1. The lowest BCUT2D eigenvalue weighted by molar-refractivity contribution is -0.144. The molecule has 6 heteroatoms. The SMILES string of the molecule is CCCNC(=O)C1CCCN(C(=O)C2(c3ccc(Br)cc3)CCOCC2)C1. The summed E-state index contributed by atoms with van der Waals surface area (Å²) in [6, 6.07) is 8.08. The van der Waals surface area contributed by atoms with E-state index in [0.717, 1.165) is 35.8 Å². The number of likely N-dealkylation sites (tertiary alicyclic amines) is 1. The molecular formula is C21H29BrN2O3. The fraction of sp³-hybridized carbons (Fsp3) is 0.619. The molecular weight excluding hydrogens is 408 g/mol. The maximum Gasteiger partial charge on any atom is 0.233 e. The van der Waals surface area contributed by atoms with Crippen LogP contribution in [-0.2, 0) is 19.7 Å². The van der Waals surface area contributed by atoms with Gasteiger partial charge in [-0.15, -0.1) is 0 Å². The number of nitrogens with zero attached hydrogens (tertiary/aromatic N) is 1. The lowest BCUT2D eigenvalue weighted by Crippen LogP contribution is -2.54. The lowest BCUT2D eigenvalue weighted by atomic mass is 9.72. The first-order valence-electron chi connectivity index (χ1n) is 9.97. The summed E-state index contributed by atoms with van der Waals surface area (Å²) >= 11 is 3.48. The molecule has 0 radical (unpaired) electrons. The van der Waals surface area contributed by atoms with Crippen LogP contribution in [-0.4, -0.2) is 49.6 Å². The molecule has 2 amide bonds. The predicted molar refractivity (Wildman–Crippen MR) is 108 cm³/mol. The Bertz CT molecular complexity index is 656. The van der Waals surface area contributed by atoms with Crippen LogP contribution < -0.4 is 5.32 Å². The Morgan fingerprint density at radius 1 is 1.26 bits per heavy atom. The first-order chi connectivity index (χ1) is 13.1. The highest BCUT2D eigenvalue weighted by Gasteiger charge is 2.45. The molecule has 2 fully saturated rings. The van der Waals surface area contributed by atoms with Gasteiger partial charge in [0, 0.05) is 37.3 Å². The van der Waals surface area contributed by atoms with Crippen molar-refractivity contribution in [2.24, 2.45) is 5.92 Å². The standard InChI is InChI=1S/C21H29BrN2O3/c1-2-11-23-19(25)16-4-3-12-24(15-16)20(26)21(9-13-27-14-10-21)17-5-7-18(22)8-6-17/h5-8,16H,2-4,9-15H2,1H3,(H,23,25). The van der Waals surface area contributed by atoms with Gasteiger partial charge in [0.15, 0.2) is 0 Å². The summed E-state index contributed by atoms with van der Waals surface area (Å²) in [5.74, 6) is 0.135. The van der Waals surface area contributed by atoms with Crippen LogP contribution in [0.25, 0.3) is 0 Å². The van der Waals surface area contributed by atoms with E-state index in [0.29, 0.717) is 39.1 Å². The molecule has 2 aliphatic heterocycles. The molecule has 0 aliphatic carbocycles. The molecule has 0 saturated carbocycles. The summed E-state index contributed by atoms with van der Waals surface area (Å²) in [6.07, 6.45) is 4.04. The van der Waals surface area contributed by atoms with Crippen LogP contribution in [0.1, 0.15) is 44.6 Å². The van der Waals surface area contributed by atoms with Crippen LogP contribution in [0, 0.1) is 5.92 Å². The van der Waals surface area contributed by atoms with Gasteiger partial charge in [-0.2, -0.15) is 0 Å². The maximum atomic E-state index is 13.7. The number of hydrogen-bond acceptors (Lipinski definition) is 3. The fourth-order valence-corrected chi connectivity index (χ4v) is 4.45. The van der Waals surface area contributed by atoms with Gasteiger partial charge < -0.3 is 15.0 Å². The van der Waals surface area contributed by atoms with E-state index < -0.39 is 5.41 Å². The van der Waals surface area contributed by atoms with Gasteiger partial charge in [0.1, 0.15) is 0 Å². The zero-order valence-electron chi connectivity index (χ0n) is 16.0. The summed E-state index contributed by atoms with van der Waals surface area (Å²) in [5.41, 5.74) is 0.511. The Morgan fingerprint density at radius 3 is 2.63 bits per heavy atom. The normalized spacial score (nSPS) is 22.3. The topological polar surface area (TPSA) is 58.6 Å². The molecule has 0 aromatic heterocycles. The highest BCUT2D eigenvalue weighted by atomic mass is 79.9. The Morgan fingerprint density at radius 2 is 1.96 bits per heavy atom. The number of ether oxygens (including phenoxy) is 1. The van der Waals surface area contributed by atoms with E-state index in [1.165, 1.54) is 0 Å². The summed E-state index contributed by atoms with van der Waals surface area (Å²) < 4.78 is 6.57. The second kappa shape index (κ2) is 9.20. The Kier molecular flexibility index (Phi) is 6.93. The van der Waals surface area contributed by atoms with Crippen molar-refractivity contribution in [1.82, 2.24) is 10.2 Å². The number of amides is 2. The third-order valence-electron chi connectivity index (χ3n) is 5.78. The van der Waals surface area contributed by atoms with Gasteiger partial charge in [-0.1, -0.05) is 35.0 Å². The quantitative estimate of drug-likeness (QED) is 0.770. The van der Waals surface area contributed by atoms with Crippen LogP contribution in [0.15, 0.2) is 28.7 Å². The lowest BCUT2D eigenvalue weighted by Gasteiger charge is -2.42. The molecule has 2 heterocycles. The van der Waals surface area contributed by atoms with E-state index in [4.69, 9.17) is 4.74 Å². The largest absolute Gasteiger partial charge is 0.381 e. The van der Waals surface area contributed by atoms with Gasteiger partial charge in [0.05, 0.1) is 11.3 Å². The zero-order chi connectivity index (χ0) is 19.3. The van der Waals surface area contributed by atoms with Crippen LogP contribution >= 0.6 is 15.9 Å². The van der Waals surface area contributed by atoms with Crippen LogP contribution in [0.4, 0.5) is 0 Å². The van der Waals surface area contributed by atoms with E-state index in [9.17, 15) is 9.59 Å². The number of benzene rings is 1. The number of hydrogen-bond donors (Lipinski definition) is 1. The van der Waals surface area contributed by atoms with Crippen molar-refractivity contribution in [2.75, 3.05) is 32.8 Å². The van der Waals surface area contributed by atoms with E-state index in [1.54, 1.807) is 0 Å². The minimum absolute atomic E-state index is 0.0824. The van der Waals surface area contributed by atoms with E-state index in [-0.39, 0.29) is 17.7 Å². The van der Waals surface area contributed by atoms with Crippen molar-refractivity contribution >= 4 is 27.7 Å². The number of piperidine rings is 1. The van der Waals surface area contributed by atoms with Crippen molar-refractivity contribution in [3.8, 4) is 0 Å². The van der Waals surface area contributed by atoms with E-state index in [2.05, 4.69) is 21.2 Å². The fourth-order valence-electron chi connectivity index (χ4n) is 4.19. The third kappa shape index (κ3) is 4.54. The van der Waals surface area contributed by atoms with Crippen molar-refractivity contribution in [2.45, 2.75) is 44.4 Å². The Labute approximate surface area is 170 Å². The van der Waals surface area contributed by atoms with Crippen molar-refractivity contribution in [3.63, 3.8) is 0 Å². The zero-order valence-corrected chi connectivity index (χ0v) is 17.6. The van der Waals surface area contributed by atoms with Crippen LogP contribution in [0.3, 0.4) is 0 Å². The second-order valence-electron chi connectivity index (χ2n) is 7.58. The maximum absolute atomic E-state index is 13.7. The molecule has 0 spiro atoms. The van der Waals surface area contributed by atoms with Crippen molar-refractivity contribution < 1.29 is 14.3 Å². The molecule has 1 atom stereocenters. The average Bonchev–Trinajstić information content (AvgIpc) is 2.72. The monoisotopic (exact) mass is 436 g/mol. The number of rotatable bonds is 5. The summed E-state index contributed by atoms with van der Waals surface area (Å²) in [7, 11) is 0. The molecule has 27 heavy (non-hydrogen) atoms. The molecule has 2 saturated heterocycles. The summed E-state index contributed by atoms with van der Waals surface area (Å²) in [4.78, 5) is 28.0. The van der Waals surface area contributed by atoms with Gasteiger partial charge >= 0.3 is 0 Å². The molecule has 5 nitrogen and oxygen atoms in total.